The molecule has 0 saturated carbocycles. The highest BCUT2D eigenvalue weighted by Crippen LogP contribution is 2.18. The van der Waals surface area contributed by atoms with Gasteiger partial charge in [0, 0.05) is 0 Å². The molecule has 5 nitrogen and oxygen atoms in total. The topological polar surface area (TPSA) is 61.8 Å². The van der Waals surface area contributed by atoms with Crippen LogP contribution in [-0.2, 0) is 11.3 Å². The summed E-state index contributed by atoms with van der Waals surface area (Å²) >= 11 is 0. The first-order valence-corrected chi connectivity index (χ1v) is 9.92. The molecule has 0 radical (unpaired) electrons. The fourth-order valence-corrected chi connectivity index (χ4v) is 2.65. The molecule has 0 N–H and O–H groups in total. The molecule has 3 aromatic carbocycles. The van der Waals surface area contributed by atoms with E-state index < -0.39 is 11.9 Å². The number of esters is 2. The Labute approximate surface area is 176 Å². The molecular weight excluding hydrogens is 380 g/mol. The molecule has 0 aliphatic rings. The smallest absolute Gasteiger partial charge is 0.343 e. The van der Waals surface area contributed by atoms with E-state index in [0.29, 0.717) is 23.5 Å². The Balaban J connectivity index is 1.52. The van der Waals surface area contributed by atoms with Crippen LogP contribution in [0.15, 0.2) is 78.9 Å². The van der Waals surface area contributed by atoms with Gasteiger partial charge in [0.1, 0.15) is 18.1 Å². The maximum absolute atomic E-state index is 12.3. The zero-order chi connectivity index (χ0) is 21.2. The largest absolute Gasteiger partial charge is 0.494 e. The summed E-state index contributed by atoms with van der Waals surface area (Å²) < 4.78 is 16.3. The van der Waals surface area contributed by atoms with Crippen LogP contribution in [0, 0.1) is 0 Å². The summed E-state index contributed by atoms with van der Waals surface area (Å²) in [5.41, 5.74) is 1.72. The van der Waals surface area contributed by atoms with Gasteiger partial charge in [-0.2, -0.15) is 0 Å². The minimum Gasteiger partial charge on any atom is -0.494 e. The lowest BCUT2D eigenvalue weighted by molar-refractivity contribution is 0.0472. The molecule has 0 spiro atoms. The Morgan fingerprint density at radius 3 is 1.97 bits per heavy atom. The maximum Gasteiger partial charge on any atom is 0.343 e. The van der Waals surface area contributed by atoms with Crippen LogP contribution in [0.1, 0.15) is 46.0 Å². The van der Waals surface area contributed by atoms with E-state index in [9.17, 15) is 9.59 Å². The van der Waals surface area contributed by atoms with Crippen molar-refractivity contribution in [1.29, 1.82) is 0 Å². The van der Waals surface area contributed by atoms with E-state index in [1.807, 2.05) is 30.3 Å². The molecule has 30 heavy (non-hydrogen) atoms. The standard InChI is InChI=1S/C25H24O5/c1-2-3-17-28-22-13-9-21(10-14-22)25(27)30-23-15-11-20(12-16-23)24(26)29-18-19-7-5-4-6-8-19/h4-16H,2-3,17-18H2,1H3. The van der Waals surface area contributed by atoms with Crippen molar-refractivity contribution in [3.63, 3.8) is 0 Å². The van der Waals surface area contributed by atoms with Gasteiger partial charge in [-0.25, -0.2) is 9.59 Å². The summed E-state index contributed by atoms with van der Waals surface area (Å²) in [7, 11) is 0. The molecule has 0 aliphatic carbocycles. The first kappa shape index (κ1) is 21.1. The zero-order valence-corrected chi connectivity index (χ0v) is 16.9. The zero-order valence-electron chi connectivity index (χ0n) is 16.9. The third-order valence-electron chi connectivity index (χ3n) is 4.37. The van der Waals surface area contributed by atoms with Gasteiger partial charge in [0.25, 0.3) is 0 Å². The molecular formula is C25H24O5. The number of benzene rings is 3. The van der Waals surface area contributed by atoms with Crippen molar-refractivity contribution in [2.24, 2.45) is 0 Å². The normalized spacial score (nSPS) is 10.3. The molecule has 3 aromatic rings. The van der Waals surface area contributed by atoms with E-state index in [-0.39, 0.29) is 6.61 Å². The Morgan fingerprint density at radius 1 is 0.733 bits per heavy atom. The van der Waals surface area contributed by atoms with Gasteiger partial charge in [-0.1, -0.05) is 43.7 Å². The van der Waals surface area contributed by atoms with Crippen LogP contribution in [-0.4, -0.2) is 18.5 Å². The van der Waals surface area contributed by atoms with Gasteiger partial charge in [0.15, 0.2) is 0 Å². The van der Waals surface area contributed by atoms with E-state index >= 15 is 0 Å². The number of unbranched alkanes of at least 4 members (excludes halogenated alkanes) is 1. The van der Waals surface area contributed by atoms with Gasteiger partial charge >= 0.3 is 11.9 Å². The number of rotatable bonds is 9. The number of hydrogen-bond donors (Lipinski definition) is 0. The van der Waals surface area contributed by atoms with Crippen molar-refractivity contribution in [2.75, 3.05) is 6.61 Å². The summed E-state index contributed by atoms with van der Waals surface area (Å²) in [6.07, 6.45) is 2.05. The summed E-state index contributed by atoms with van der Waals surface area (Å²) in [5.74, 6) is 0.158. The minimum absolute atomic E-state index is 0.203. The Kier molecular flexibility index (Phi) is 7.61. The second-order valence-electron chi connectivity index (χ2n) is 6.70. The molecule has 0 bridgehead atoms. The molecule has 0 aromatic heterocycles. The number of carbonyl (C=O) groups excluding carboxylic acids is 2. The molecule has 0 saturated heterocycles. The highest BCUT2D eigenvalue weighted by atomic mass is 16.5. The van der Waals surface area contributed by atoms with Crippen LogP contribution in [0.2, 0.25) is 0 Å². The van der Waals surface area contributed by atoms with Crippen LogP contribution in [0.4, 0.5) is 0 Å². The Morgan fingerprint density at radius 2 is 1.33 bits per heavy atom. The lowest BCUT2D eigenvalue weighted by Crippen LogP contribution is -2.09. The van der Waals surface area contributed by atoms with Crippen LogP contribution in [0.3, 0.4) is 0 Å². The Bertz CT molecular complexity index is 947. The molecule has 3 rings (SSSR count). The lowest BCUT2D eigenvalue weighted by atomic mass is 10.2. The van der Waals surface area contributed by atoms with Crippen LogP contribution >= 0.6 is 0 Å². The predicted octanol–water partition coefficient (Wildman–Crippen LogP) is 5.44. The molecule has 154 valence electrons. The summed E-state index contributed by atoms with van der Waals surface area (Å²) in [6.45, 7) is 2.96. The fourth-order valence-electron chi connectivity index (χ4n) is 2.65. The average Bonchev–Trinajstić information content (AvgIpc) is 2.79. The number of hydrogen-bond acceptors (Lipinski definition) is 5. The van der Waals surface area contributed by atoms with Crippen LogP contribution in [0.5, 0.6) is 11.5 Å². The number of carbonyl (C=O) groups is 2. The minimum atomic E-state index is -0.477. The second kappa shape index (κ2) is 10.8. The fraction of sp³-hybridized carbons (Fsp3) is 0.200. The first-order chi connectivity index (χ1) is 14.7. The number of ether oxygens (including phenoxy) is 3. The van der Waals surface area contributed by atoms with Crippen LogP contribution < -0.4 is 9.47 Å². The molecule has 0 fully saturated rings. The highest BCUT2D eigenvalue weighted by molar-refractivity contribution is 5.92. The second-order valence-corrected chi connectivity index (χ2v) is 6.70. The van der Waals surface area contributed by atoms with Crippen molar-refractivity contribution < 1.29 is 23.8 Å². The van der Waals surface area contributed by atoms with Gasteiger partial charge in [0.05, 0.1) is 17.7 Å². The van der Waals surface area contributed by atoms with Gasteiger partial charge in [0.2, 0.25) is 0 Å². The SMILES string of the molecule is CCCCOc1ccc(C(=O)Oc2ccc(C(=O)OCc3ccccc3)cc2)cc1. The highest BCUT2D eigenvalue weighted by Gasteiger charge is 2.11. The van der Waals surface area contributed by atoms with Crippen molar-refractivity contribution in [2.45, 2.75) is 26.4 Å². The van der Waals surface area contributed by atoms with Gasteiger partial charge < -0.3 is 14.2 Å². The molecule has 0 amide bonds. The van der Waals surface area contributed by atoms with Gasteiger partial charge in [-0.15, -0.1) is 0 Å². The third kappa shape index (κ3) is 6.21. The van der Waals surface area contributed by atoms with Crippen molar-refractivity contribution in [1.82, 2.24) is 0 Å². The van der Waals surface area contributed by atoms with Gasteiger partial charge in [-0.3, -0.25) is 0 Å². The monoisotopic (exact) mass is 404 g/mol. The Hall–Kier alpha value is -3.60. The summed E-state index contributed by atoms with van der Waals surface area (Å²) in [4.78, 5) is 24.5. The van der Waals surface area contributed by atoms with Crippen molar-refractivity contribution in [3.8, 4) is 11.5 Å². The molecule has 0 heterocycles. The van der Waals surface area contributed by atoms with Gasteiger partial charge in [-0.05, 0) is 60.5 Å². The third-order valence-corrected chi connectivity index (χ3v) is 4.37. The van der Waals surface area contributed by atoms with Crippen molar-refractivity contribution >= 4 is 11.9 Å². The molecule has 0 unspecified atom stereocenters. The quantitative estimate of drug-likeness (QED) is 0.270. The average molecular weight is 404 g/mol. The summed E-state index contributed by atoms with van der Waals surface area (Å²) in [6, 6.07) is 22.6. The predicted molar refractivity (Wildman–Crippen MR) is 114 cm³/mol. The van der Waals surface area contributed by atoms with Crippen LogP contribution in [0.25, 0.3) is 0 Å². The maximum atomic E-state index is 12.3. The van der Waals surface area contributed by atoms with E-state index in [4.69, 9.17) is 14.2 Å². The lowest BCUT2D eigenvalue weighted by Gasteiger charge is -2.08. The van der Waals surface area contributed by atoms with E-state index in [1.165, 1.54) is 0 Å². The van der Waals surface area contributed by atoms with E-state index in [2.05, 4.69) is 6.92 Å². The van der Waals surface area contributed by atoms with E-state index in [1.54, 1.807) is 48.5 Å². The summed E-state index contributed by atoms with van der Waals surface area (Å²) in [5, 5.41) is 0. The molecule has 0 atom stereocenters. The molecule has 5 heteroatoms. The van der Waals surface area contributed by atoms with E-state index in [0.717, 1.165) is 24.2 Å². The first-order valence-electron chi connectivity index (χ1n) is 9.92. The van der Waals surface area contributed by atoms with Crippen molar-refractivity contribution in [3.05, 3.63) is 95.6 Å². The molecule has 0 aliphatic heterocycles.